The lowest BCUT2D eigenvalue weighted by atomic mass is 10.7. The van der Waals surface area contributed by atoms with Crippen molar-refractivity contribution in [3.05, 3.63) is 17.5 Å². The Morgan fingerprint density at radius 3 is 2.50 bits per heavy atom. The summed E-state index contributed by atoms with van der Waals surface area (Å²) in [6.07, 6.45) is 0. The summed E-state index contributed by atoms with van der Waals surface area (Å²) in [7, 11) is -3.53. The van der Waals surface area contributed by atoms with Crippen molar-refractivity contribution < 1.29 is 8.42 Å². The highest BCUT2D eigenvalue weighted by atomic mass is 35.6. The van der Waals surface area contributed by atoms with Crippen molar-refractivity contribution in [2.75, 3.05) is 6.54 Å². The van der Waals surface area contributed by atoms with Crippen LogP contribution in [0.4, 0.5) is 0 Å². The average Bonchev–Trinajstić information content (AvgIpc) is 2.52. The summed E-state index contributed by atoms with van der Waals surface area (Å²) in [5.41, 5.74) is 0. The molecular weight excluding hydrogens is 289 g/mol. The van der Waals surface area contributed by atoms with Crippen molar-refractivity contribution in [3.63, 3.8) is 0 Å². The zero-order chi connectivity index (χ0) is 10.8. The fourth-order valence-electron chi connectivity index (χ4n) is 0.664. The highest BCUT2D eigenvalue weighted by Crippen LogP contribution is 2.25. The fourth-order valence-corrected chi connectivity index (χ4v) is 3.21. The van der Waals surface area contributed by atoms with E-state index in [0.717, 1.165) is 11.3 Å². The van der Waals surface area contributed by atoms with Gasteiger partial charge >= 0.3 is 0 Å². The van der Waals surface area contributed by atoms with Crippen LogP contribution in [0, 0.1) is 0 Å². The van der Waals surface area contributed by atoms with E-state index in [2.05, 4.69) is 4.72 Å². The predicted molar refractivity (Wildman–Crippen MR) is 59.8 cm³/mol. The minimum Gasteiger partial charge on any atom is -0.206 e. The first-order chi connectivity index (χ1) is 6.31. The minimum atomic E-state index is -3.53. The lowest BCUT2D eigenvalue weighted by molar-refractivity contribution is 0.584. The smallest absolute Gasteiger partial charge is 0.206 e. The normalized spacial score (nSPS) is 13.1. The Morgan fingerprint density at radius 1 is 1.43 bits per heavy atom. The molecule has 0 saturated heterocycles. The van der Waals surface area contributed by atoms with Crippen LogP contribution in [0.5, 0.6) is 0 Å². The summed E-state index contributed by atoms with van der Waals surface area (Å²) >= 11 is 17.3. The van der Waals surface area contributed by atoms with Gasteiger partial charge in [-0.05, 0) is 11.4 Å². The van der Waals surface area contributed by atoms with Crippen LogP contribution < -0.4 is 4.72 Å². The van der Waals surface area contributed by atoms with E-state index >= 15 is 0 Å². The maximum Gasteiger partial charge on any atom is 0.250 e. The van der Waals surface area contributed by atoms with E-state index in [-0.39, 0.29) is 10.8 Å². The molecule has 0 aromatic carbocycles. The molecule has 0 bridgehead atoms. The molecule has 0 aliphatic carbocycles. The van der Waals surface area contributed by atoms with E-state index in [4.69, 9.17) is 34.8 Å². The van der Waals surface area contributed by atoms with Crippen LogP contribution in [-0.2, 0) is 10.0 Å². The van der Waals surface area contributed by atoms with Gasteiger partial charge in [0.25, 0.3) is 0 Å². The third-order valence-corrected chi connectivity index (χ3v) is 4.42. The molecule has 0 amide bonds. The van der Waals surface area contributed by atoms with Crippen LogP contribution in [-0.4, -0.2) is 18.8 Å². The molecule has 0 aliphatic heterocycles. The summed E-state index contributed by atoms with van der Waals surface area (Å²) in [6.45, 7) is -0.252. The lowest BCUT2D eigenvalue weighted by Crippen LogP contribution is -2.31. The van der Waals surface area contributed by atoms with Gasteiger partial charge in [-0.1, -0.05) is 40.9 Å². The number of sulfonamides is 1. The van der Waals surface area contributed by atoms with Crippen LogP contribution in [0.3, 0.4) is 0 Å². The fraction of sp³-hybridized carbons (Fsp3) is 0.333. The molecule has 0 aliphatic rings. The third-order valence-electron chi connectivity index (χ3n) is 1.22. The van der Waals surface area contributed by atoms with Crippen molar-refractivity contribution in [2.45, 2.75) is 8.00 Å². The highest BCUT2D eigenvalue weighted by molar-refractivity contribution is 7.91. The van der Waals surface area contributed by atoms with Crippen molar-refractivity contribution >= 4 is 56.2 Å². The molecule has 3 nitrogen and oxygen atoms in total. The number of rotatable bonds is 3. The Labute approximate surface area is 101 Å². The molecule has 8 heteroatoms. The SMILES string of the molecule is O=S(=O)(NCC(Cl)(Cl)Cl)c1cccs1. The topological polar surface area (TPSA) is 46.2 Å². The second kappa shape index (κ2) is 4.55. The molecule has 1 aromatic rings. The van der Waals surface area contributed by atoms with E-state index < -0.39 is 13.8 Å². The van der Waals surface area contributed by atoms with Gasteiger partial charge in [0.2, 0.25) is 13.8 Å². The maximum atomic E-state index is 11.5. The first kappa shape index (κ1) is 12.5. The number of hydrogen-bond acceptors (Lipinski definition) is 3. The number of thiophene rings is 1. The molecule has 0 saturated carbocycles. The molecule has 0 unspecified atom stereocenters. The zero-order valence-corrected chi connectivity index (χ0v) is 10.6. The summed E-state index contributed by atoms with van der Waals surface area (Å²) in [6, 6.07) is 3.11. The van der Waals surface area contributed by atoms with Crippen LogP contribution >= 0.6 is 46.1 Å². The van der Waals surface area contributed by atoms with Crippen molar-refractivity contribution in [2.24, 2.45) is 0 Å². The molecule has 14 heavy (non-hydrogen) atoms. The van der Waals surface area contributed by atoms with E-state index in [1.807, 2.05) is 0 Å². The quantitative estimate of drug-likeness (QED) is 0.870. The van der Waals surface area contributed by atoms with Crippen LogP contribution in [0.1, 0.15) is 0 Å². The zero-order valence-electron chi connectivity index (χ0n) is 6.71. The molecule has 0 fully saturated rings. The third kappa shape index (κ3) is 3.92. The first-order valence-corrected chi connectivity index (χ1v) is 6.91. The summed E-state index contributed by atoms with van der Waals surface area (Å²) in [5.74, 6) is 0. The Hall–Kier alpha value is 0.480. The van der Waals surface area contributed by atoms with E-state index in [9.17, 15) is 8.42 Å². The number of alkyl halides is 3. The molecule has 1 rings (SSSR count). The molecule has 0 atom stereocenters. The largest absolute Gasteiger partial charge is 0.250 e. The monoisotopic (exact) mass is 293 g/mol. The summed E-state index contributed by atoms with van der Waals surface area (Å²) < 4.78 is 23.7. The summed E-state index contributed by atoms with van der Waals surface area (Å²) in [4.78, 5) is 0. The van der Waals surface area contributed by atoms with Gasteiger partial charge in [0.15, 0.2) is 0 Å². The van der Waals surface area contributed by atoms with Gasteiger partial charge in [-0.15, -0.1) is 11.3 Å². The summed E-state index contributed by atoms with van der Waals surface area (Å²) in [5, 5.41) is 1.66. The Kier molecular flexibility index (Phi) is 4.08. The van der Waals surface area contributed by atoms with Gasteiger partial charge in [0, 0.05) is 0 Å². The van der Waals surface area contributed by atoms with Gasteiger partial charge in [-0.2, -0.15) is 0 Å². The first-order valence-electron chi connectivity index (χ1n) is 3.41. The van der Waals surface area contributed by atoms with E-state index in [1.54, 1.807) is 11.4 Å². The lowest BCUT2D eigenvalue weighted by Gasteiger charge is -2.11. The highest BCUT2D eigenvalue weighted by Gasteiger charge is 2.24. The second-order valence-corrected chi connectivity index (χ2v) is 7.83. The van der Waals surface area contributed by atoms with Crippen LogP contribution in [0.2, 0.25) is 0 Å². The van der Waals surface area contributed by atoms with Gasteiger partial charge in [0.1, 0.15) is 4.21 Å². The van der Waals surface area contributed by atoms with E-state index in [0.29, 0.717) is 0 Å². The van der Waals surface area contributed by atoms with Crippen molar-refractivity contribution in [3.8, 4) is 0 Å². The maximum absolute atomic E-state index is 11.5. The molecule has 80 valence electrons. The van der Waals surface area contributed by atoms with Crippen molar-refractivity contribution in [1.29, 1.82) is 0 Å². The van der Waals surface area contributed by atoms with Gasteiger partial charge in [-0.3, -0.25) is 0 Å². The molecule has 0 radical (unpaired) electrons. The standard InChI is InChI=1S/C6H6Cl3NO2S2/c7-6(8,9)4-10-14(11,12)5-2-1-3-13-5/h1-3,10H,4H2. The molecule has 1 N–H and O–H groups in total. The number of halogens is 3. The second-order valence-electron chi connectivity index (χ2n) is 2.37. The minimum absolute atomic E-state index is 0.201. The van der Waals surface area contributed by atoms with Gasteiger partial charge < -0.3 is 0 Å². The molecular formula is C6H6Cl3NO2S2. The van der Waals surface area contributed by atoms with Crippen LogP contribution in [0.15, 0.2) is 21.7 Å². The molecule has 1 aromatic heterocycles. The molecule has 0 spiro atoms. The Morgan fingerprint density at radius 2 is 2.07 bits per heavy atom. The Balaban J connectivity index is 2.70. The van der Waals surface area contributed by atoms with Crippen LogP contribution in [0.25, 0.3) is 0 Å². The van der Waals surface area contributed by atoms with Gasteiger partial charge in [0.05, 0.1) is 6.54 Å². The number of hydrogen-bond donors (Lipinski definition) is 1. The predicted octanol–water partition coefficient (Wildman–Crippen LogP) is 2.40. The van der Waals surface area contributed by atoms with Gasteiger partial charge in [-0.25, -0.2) is 13.1 Å². The molecule has 1 heterocycles. The average molecular weight is 295 g/mol. The van der Waals surface area contributed by atoms with Crippen molar-refractivity contribution in [1.82, 2.24) is 4.72 Å². The van der Waals surface area contributed by atoms with E-state index in [1.165, 1.54) is 6.07 Å². The Bertz CT molecular complexity index is 382. The number of nitrogens with one attached hydrogen (secondary N) is 1.